The van der Waals surface area contributed by atoms with Crippen molar-refractivity contribution < 1.29 is 9.84 Å². The molecule has 0 spiro atoms. The van der Waals surface area contributed by atoms with E-state index in [1.807, 2.05) is 19.9 Å². The highest BCUT2D eigenvalue weighted by atomic mass is 16.5. The van der Waals surface area contributed by atoms with Crippen molar-refractivity contribution >= 4 is 5.95 Å². The number of ether oxygens (including phenoxy) is 1. The lowest BCUT2D eigenvalue weighted by molar-refractivity contribution is -0.00767. The van der Waals surface area contributed by atoms with E-state index in [0.717, 1.165) is 38.5 Å². The quantitative estimate of drug-likeness (QED) is 0.836. The van der Waals surface area contributed by atoms with Gasteiger partial charge in [0.1, 0.15) is 0 Å². The number of hydrogen-bond acceptors (Lipinski definition) is 6. The van der Waals surface area contributed by atoms with Crippen LogP contribution >= 0.6 is 0 Å². The van der Waals surface area contributed by atoms with E-state index in [2.05, 4.69) is 19.8 Å². The van der Waals surface area contributed by atoms with E-state index in [9.17, 15) is 5.11 Å². The summed E-state index contributed by atoms with van der Waals surface area (Å²) in [6.07, 6.45) is 4.34. The number of aliphatic hydroxyl groups is 1. The zero-order valence-electron chi connectivity index (χ0n) is 13.0. The average Bonchev–Trinajstić information content (AvgIpc) is 2.72. The van der Waals surface area contributed by atoms with Gasteiger partial charge < -0.3 is 14.7 Å². The summed E-state index contributed by atoms with van der Waals surface area (Å²) >= 11 is 0. The first-order valence-electron chi connectivity index (χ1n) is 7.69. The van der Waals surface area contributed by atoms with E-state index in [-0.39, 0.29) is 6.10 Å². The smallest absolute Gasteiger partial charge is 0.225 e. The third kappa shape index (κ3) is 5.57. The van der Waals surface area contributed by atoms with Gasteiger partial charge in [-0.25, -0.2) is 9.97 Å². The lowest BCUT2D eigenvalue weighted by atomic mass is 10.3. The van der Waals surface area contributed by atoms with Crippen LogP contribution in [0.5, 0.6) is 0 Å². The average molecular weight is 294 g/mol. The Morgan fingerprint density at radius 1 is 1.19 bits per heavy atom. The van der Waals surface area contributed by atoms with E-state index < -0.39 is 6.10 Å². The summed E-state index contributed by atoms with van der Waals surface area (Å²) in [5.74, 6) is 0.794. The molecule has 0 aromatic carbocycles. The maximum absolute atomic E-state index is 10.0. The Balaban J connectivity index is 1.78. The SMILES string of the molecule is CC(C)OC[C@H](O)CN1CCCN(c2ncccn2)CC1. The number of anilines is 1. The molecule has 1 aromatic heterocycles. The van der Waals surface area contributed by atoms with Crippen LogP contribution in [0.25, 0.3) is 0 Å². The van der Waals surface area contributed by atoms with Gasteiger partial charge in [0, 0.05) is 38.6 Å². The van der Waals surface area contributed by atoms with Gasteiger partial charge >= 0.3 is 0 Å². The van der Waals surface area contributed by atoms with E-state index in [4.69, 9.17) is 4.74 Å². The molecule has 1 fully saturated rings. The molecule has 0 aliphatic carbocycles. The van der Waals surface area contributed by atoms with Crippen molar-refractivity contribution in [2.45, 2.75) is 32.5 Å². The van der Waals surface area contributed by atoms with Crippen LogP contribution in [0, 0.1) is 0 Å². The summed E-state index contributed by atoms with van der Waals surface area (Å²) in [6.45, 7) is 8.78. The van der Waals surface area contributed by atoms with Gasteiger partial charge in [-0.15, -0.1) is 0 Å². The summed E-state index contributed by atoms with van der Waals surface area (Å²) in [7, 11) is 0. The van der Waals surface area contributed by atoms with Crippen molar-refractivity contribution in [2.24, 2.45) is 0 Å². The number of nitrogens with zero attached hydrogens (tertiary/aromatic N) is 4. The minimum Gasteiger partial charge on any atom is -0.389 e. The molecule has 0 bridgehead atoms. The van der Waals surface area contributed by atoms with Crippen LogP contribution in [-0.2, 0) is 4.74 Å². The van der Waals surface area contributed by atoms with Gasteiger partial charge in [0.05, 0.1) is 18.8 Å². The molecule has 21 heavy (non-hydrogen) atoms. The fraction of sp³-hybridized carbons (Fsp3) is 0.733. The lowest BCUT2D eigenvalue weighted by Gasteiger charge is -2.24. The largest absolute Gasteiger partial charge is 0.389 e. The first-order chi connectivity index (χ1) is 10.1. The minimum atomic E-state index is -0.424. The fourth-order valence-corrected chi connectivity index (χ4v) is 2.46. The number of hydrogen-bond donors (Lipinski definition) is 1. The standard InChI is InChI=1S/C15H26N4O2/c1-13(2)21-12-14(20)11-18-7-4-8-19(10-9-18)15-16-5-3-6-17-15/h3,5-6,13-14,20H,4,7-12H2,1-2H3/t14-/m1/s1. The number of aliphatic hydroxyl groups excluding tert-OH is 1. The molecule has 1 N–H and O–H groups in total. The van der Waals surface area contributed by atoms with Crippen LogP contribution in [-0.4, -0.2) is 71.5 Å². The molecule has 0 radical (unpaired) electrons. The van der Waals surface area contributed by atoms with Crippen LogP contribution in [0.15, 0.2) is 18.5 Å². The maximum atomic E-state index is 10.0. The van der Waals surface area contributed by atoms with Gasteiger partial charge in [-0.1, -0.05) is 0 Å². The Hall–Kier alpha value is -1.24. The van der Waals surface area contributed by atoms with E-state index in [1.165, 1.54) is 0 Å². The zero-order valence-corrected chi connectivity index (χ0v) is 13.0. The van der Waals surface area contributed by atoms with Gasteiger partial charge in [0.15, 0.2) is 0 Å². The Labute approximate surface area is 126 Å². The van der Waals surface area contributed by atoms with Crippen LogP contribution < -0.4 is 4.90 Å². The number of β-amino-alcohol motifs (C(OH)–C–C–N with tert-alkyl or cyclic N) is 1. The van der Waals surface area contributed by atoms with Crippen molar-refractivity contribution in [3.05, 3.63) is 18.5 Å². The molecule has 1 aliphatic heterocycles. The molecule has 0 amide bonds. The van der Waals surface area contributed by atoms with Crippen LogP contribution in [0.4, 0.5) is 5.95 Å². The highest BCUT2D eigenvalue weighted by Gasteiger charge is 2.19. The summed E-state index contributed by atoms with van der Waals surface area (Å²) in [5.41, 5.74) is 0. The van der Waals surface area contributed by atoms with E-state index in [0.29, 0.717) is 13.2 Å². The fourth-order valence-electron chi connectivity index (χ4n) is 2.46. The van der Waals surface area contributed by atoms with Crippen molar-refractivity contribution in [2.75, 3.05) is 44.2 Å². The van der Waals surface area contributed by atoms with Gasteiger partial charge in [0.25, 0.3) is 0 Å². The van der Waals surface area contributed by atoms with Crippen molar-refractivity contribution in [3.8, 4) is 0 Å². The van der Waals surface area contributed by atoms with Gasteiger partial charge in [0.2, 0.25) is 5.95 Å². The topological polar surface area (TPSA) is 61.7 Å². The summed E-state index contributed by atoms with van der Waals surface area (Å²) in [5, 5.41) is 10.0. The molecule has 118 valence electrons. The van der Waals surface area contributed by atoms with Crippen LogP contribution in [0.3, 0.4) is 0 Å². The Morgan fingerprint density at radius 2 is 1.95 bits per heavy atom. The molecule has 1 aliphatic rings. The Bertz CT molecular complexity index is 402. The summed E-state index contributed by atoms with van der Waals surface area (Å²) in [4.78, 5) is 13.1. The molecular weight excluding hydrogens is 268 g/mol. The van der Waals surface area contributed by atoms with Crippen molar-refractivity contribution in [1.29, 1.82) is 0 Å². The van der Waals surface area contributed by atoms with Crippen molar-refractivity contribution in [3.63, 3.8) is 0 Å². The molecule has 1 atom stereocenters. The second-order valence-corrected chi connectivity index (χ2v) is 5.73. The van der Waals surface area contributed by atoms with Crippen molar-refractivity contribution in [1.82, 2.24) is 14.9 Å². The first-order valence-corrected chi connectivity index (χ1v) is 7.69. The molecule has 0 unspecified atom stereocenters. The second-order valence-electron chi connectivity index (χ2n) is 5.73. The van der Waals surface area contributed by atoms with Gasteiger partial charge in [-0.05, 0) is 32.9 Å². The number of aromatic nitrogens is 2. The predicted octanol–water partition coefficient (Wildman–Crippen LogP) is 0.775. The summed E-state index contributed by atoms with van der Waals surface area (Å²) < 4.78 is 5.46. The second kappa shape index (κ2) is 8.26. The first kappa shape index (κ1) is 16.1. The molecular formula is C15H26N4O2. The highest BCUT2D eigenvalue weighted by molar-refractivity contribution is 5.28. The molecule has 1 aromatic rings. The zero-order chi connectivity index (χ0) is 15.1. The van der Waals surface area contributed by atoms with Crippen LogP contribution in [0.2, 0.25) is 0 Å². The normalized spacial score (nSPS) is 18.8. The molecule has 1 saturated heterocycles. The van der Waals surface area contributed by atoms with Gasteiger partial charge in [-0.2, -0.15) is 0 Å². The molecule has 6 heteroatoms. The minimum absolute atomic E-state index is 0.162. The third-order valence-electron chi connectivity index (χ3n) is 3.51. The van der Waals surface area contributed by atoms with Crippen LogP contribution in [0.1, 0.15) is 20.3 Å². The summed E-state index contributed by atoms with van der Waals surface area (Å²) in [6, 6.07) is 1.83. The van der Waals surface area contributed by atoms with E-state index in [1.54, 1.807) is 12.4 Å². The molecule has 0 saturated carbocycles. The lowest BCUT2D eigenvalue weighted by Crippen LogP contribution is -2.38. The third-order valence-corrected chi connectivity index (χ3v) is 3.51. The van der Waals surface area contributed by atoms with E-state index >= 15 is 0 Å². The maximum Gasteiger partial charge on any atom is 0.225 e. The monoisotopic (exact) mass is 294 g/mol. The highest BCUT2D eigenvalue weighted by Crippen LogP contribution is 2.10. The molecule has 2 heterocycles. The molecule has 2 rings (SSSR count). The predicted molar refractivity (Wildman–Crippen MR) is 82.4 cm³/mol. The Morgan fingerprint density at radius 3 is 2.67 bits per heavy atom. The number of rotatable bonds is 6. The van der Waals surface area contributed by atoms with Gasteiger partial charge in [-0.3, -0.25) is 4.90 Å². The molecule has 6 nitrogen and oxygen atoms in total. The Kier molecular flexibility index (Phi) is 6.35.